The summed E-state index contributed by atoms with van der Waals surface area (Å²) in [5, 5.41) is 14.6. The van der Waals surface area contributed by atoms with E-state index in [-0.39, 0.29) is 0 Å². The van der Waals surface area contributed by atoms with Gasteiger partial charge in [-0.1, -0.05) is 60.7 Å². The van der Waals surface area contributed by atoms with E-state index in [1.54, 1.807) is 0 Å². The highest BCUT2D eigenvalue weighted by Crippen LogP contribution is 2.32. The third kappa shape index (κ3) is 3.61. The van der Waals surface area contributed by atoms with E-state index in [0.717, 1.165) is 22.5 Å². The van der Waals surface area contributed by atoms with Gasteiger partial charge >= 0.3 is 0 Å². The summed E-state index contributed by atoms with van der Waals surface area (Å²) in [6, 6.07) is 38.3. The van der Waals surface area contributed by atoms with Gasteiger partial charge < -0.3 is 0 Å². The molecule has 0 unspecified atom stereocenters. The van der Waals surface area contributed by atoms with Gasteiger partial charge in [0.1, 0.15) is 0 Å². The number of benzene rings is 4. The van der Waals surface area contributed by atoms with E-state index < -0.39 is 0 Å². The fourth-order valence-corrected chi connectivity index (χ4v) is 5.09. The normalized spacial score (nSPS) is 11.0. The number of fused-ring (bicyclic) bond motifs is 3. The van der Waals surface area contributed by atoms with Gasteiger partial charge in [0.05, 0.1) is 32.1 Å². The molecule has 4 aromatic carbocycles. The Kier molecular flexibility index (Phi) is 5.28. The summed E-state index contributed by atoms with van der Waals surface area (Å²) >= 11 is 0. The zero-order valence-corrected chi connectivity index (χ0v) is 20.3. The molecular weight excluding hydrogens is 438 g/mol. The SMILES string of the molecule is Cc1ccccc1-c1cccc[n+]1-[n+]1ccc(C#N)cc1-c1cc2c(ccc3ccccc32)cc1C. The van der Waals surface area contributed by atoms with Gasteiger partial charge in [-0.25, -0.2) is 0 Å². The second kappa shape index (κ2) is 8.76. The summed E-state index contributed by atoms with van der Waals surface area (Å²) in [7, 11) is 0. The Morgan fingerprint density at radius 2 is 1.31 bits per heavy atom. The monoisotopic (exact) mass is 463 g/mol. The fourth-order valence-electron chi connectivity index (χ4n) is 5.09. The van der Waals surface area contributed by atoms with Crippen molar-refractivity contribution in [2.75, 3.05) is 0 Å². The Bertz CT molecular complexity index is 1830. The Morgan fingerprint density at radius 3 is 2.17 bits per heavy atom. The maximum absolute atomic E-state index is 9.76. The van der Waals surface area contributed by atoms with E-state index >= 15 is 0 Å². The zero-order valence-electron chi connectivity index (χ0n) is 20.3. The molecule has 6 rings (SSSR count). The van der Waals surface area contributed by atoms with Crippen molar-refractivity contribution in [3.63, 3.8) is 0 Å². The summed E-state index contributed by atoms with van der Waals surface area (Å²) in [5.41, 5.74) is 7.32. The van der Waals surface area contributed by atoms with Crippen LogP contribution < -0.4 is 9.35 Å². The molecule has 0 fully saturated rings. The molecule has 0 radical (unpaired) electrons. The summed E-state index contributed by atoms with van der Waals surface area (Å²) in [5.74, 6) is 0. The molecule has 6 aromatic rings. The van der Waals surface area contributed by atoms with Crippen LogP contribution in [0.5, 0.6) is 0 Å². The van der Waals surface area contributed by atoms with Crippen LogP contribution in [-0.4, -0.2) is 0 Å². The summed E-state index contributed by atoms with van der Waals surface area (Å²) in [4.78, 5) is 0. The van der Waals surface area contributed by atoms with Gasteiger partial charge in [-0.15, -0.1) is 0 Å². The first-order chi connectivity index (χ1) is 17.6. The van der Waals surface area contributed by atoms with Crippen molar-refractivity contribution in [1.29, 1.82) is 5.26 Å². The van der Waals surface area contributed by atoms with Gasteiger partial charge in [-0.3, -0.25) is 0 Å². The topological polar surface area (TPSA) is 31.5 Å². The Hall–Kier alpha value is -4.81. The van der Waals surface area contributed by atoms with Gasteiger partial charge in [0.15, 0.2) is 0 Å². The first-order valence-corrected chi connectivity index (χ1v) is 12.1. The lowest BCUT2D eigenvalue weighted by atomic mass is 9.95. The van der Waals surface area contributed by atoms with Crippen molar-refractivity contribution < 1.29 is 9.35 Å². The fraction of sp³-hybridized carbons (Fsp3) is 0.0606. The molecule has 0 saturated carbocycles. The minimum Gasteiger partial charge on any atom is -0.192 e. The van der Waals surface area contributed by atoms with Crippen molar-refractivity contribution in [3.8, 4) is 28.6 Å². The molecule has 3 heteroatoms. The number of hydrogen-bond acceptors (Lipinski definition) is 1. The van der Waals surface area contributed by atoms with E-state index in [4.69, 9.17) is 0 Å². The summed E-state index contributed by atoms with van der Waals surface area (Å²) in [6.07, 6.45) is 4.06. The molecule has 170 valence electrons. The molecule has 2 aromatic heterocycles. The first kappa shape index (κ1) is 21.7. The highest BCUT2D eigenvalue weighted by molar-refractivity contribution is 6.09. The second-order valence-corrected chi connectivity index (χ2v) is 9.18. The number of nitrogens with zero attached hydrogens (tertiary/aromatic N) is 3. The van der Waals surface area contributed by atoms with Crippen molar-refractivity contribution >= 4 is 21.5 Å². The minimum absolute atomic E-state index is 0.632. The highest BCUT2D eigenvalue weighted by Gasteiger charge is 2.29. The van der Waals surface area contributed by atoms with Crippen LogP contribution in [0.4, 0.5) is 0 Å². The molecule has 0 aliphatic carbocycles. The van der Waals surface area contributed by atoms with E-state index in [0.29, 0.717) is 5.56 Å². The molecule has 0 amide bonds. The van der Waals surface area contributed by atoms with Gasteiger partial charge in [0, 0.05) is 24.3 Å². The number of aromatic nitrogens is 2. The lowest BCUT2D eigenvalue weighted by molar-refractivity contribution is -1.29. The Balaban J connectivity index is 1.66. The maximum atomic E-state index is 9.76. The van der Waals surface area contributed by atoms with E-state index in [1.807, 2.05) is 24.4 Å². The third-order valence-corrected chi connectivity index (χ3v) is 6.92. The van der Waals surface area contributed by atoms with Crippen LogP contribution in [0.25, 0.3) is 44.1 Å². The first-order valence-electron chi connectivity index (χ1n) is 12.1. The van der Waals surface area contributed by atoms with Crippen molar-refractivity contribution in [1.82, 2.24) is 0 Å². The smallest absolute Gasteiger partial charge is 0.192 e. The van der Waals surface area contributed by atoms with Gasteiger partial charge in [0.2, 0.25) is 12.4 Å². The lowest BCUT2D eigenvalue weighted by Gasteiger charge is -2.10. The number of nitriles is 1. The predicted molar refractivity (Wildman–Crippen MR) is 144 cm³/mol. The van der Waals surface area contributed by atoms with Crippen LogP contribution in [0.3, 0.4) is 0 Å². The van der Waals surface area contributed by atoms with Crippen LogP contribution in [0, 0.1) is 25.2 Å². The molecule has 0 saturated heterocycles. The van der Waals surface area contributed by atoms with Crippen LogP contribution >= 0.6 is 0 Å². The molecule has 0 aliphatic rings. The summed E-state index contributed by atoms with van der Waals surface area (Å²) in [6.45, 7) is 4.28. The third-order valence-electron chi connectivity index (χ3n) is 6.92. The van der Waals surface area contributed by atoms with Gasteiger partial charge in [-0.05, 0) is 64.7 Å². The number of pyridine rings is 2. The van der Waals surface area contributed by atoms with E-state index in [2.05, 4.69) is 120 Å². The highest BCUT2D eigenvalue weighted by atomic mass is 15.4. The second-order valence-electron chi connectivity index (χ2n) is 9.18. The molecule has 0 atom stereocenters. The molecule has 2 heterocycles. The van der Waals surface area contributed by atoms with Crippen LogP contribution in [0.15, 0.2) is 116 Å². The zero-order chi connectivity index (χ0) is 24.6. The Labute approximate surface area is 210 Å². The predicted octanol–water partition coefficient (Wildman–Crippen LogP) is 6.70. The molecule has 36 heavy (non-hydrogen) atoms. The van der Waals surface area contributed by atoms with Crippen molar-refractivity contribution in [2.45, 2.75) is 13.8 Å². The van der Waals surface area contributed by atoms with E-state index in [1.165, 1.54) is 32.7 Å². The van der Waals surface area contributed by atoms with Crippen LogP contribution in [0.1, 0.15) is 16.7 Å². The van der Waals surface area contributed by atoms with Crippen molar-refractivity contribution in [3.05, 3.63) is 132 Å². The number of rotatable bonds is 3. The van der Waals surface area contributed by atoms with Crippen LogP contribution in [0.2, 0.25) is 0 Å². The molecule has 3 nitrogen and oxygen atoms in total. The van der Waals surface area contributed by atoms with Gasteiger partial charge in [0.25, 0.3) is 11.4 Å². The van der Waals surface area contributed by atoms with Crippen molar-refractivity contribution in [2.24, 2.45) is 0 Å². The average molecular weight is 464 g/mol. The lowest BCUT2D eigenvalue weighted by Crippen LogP contribution is -2.68. The average Bonchev–Trinajstić information content (AvgIpc) is 2.92. The van der Waals surface area contributed by atoms with E-state index in [9.17, 15) is 5.26 Å². The van der Waals surface area contributed by atoms with Crippen LogP contribution in [-0.2, 0) is 0 Å². The maximum Gasteiger partial charge on any atom is 0.285 e. The number of hydrogen-bond donors (Lipinski definition) is 0. The molecule has 0 spiro atoms. The minimum atomic E-state index is 0.632. The molecular formula is C33H25N3+2. The molecule has 0 N–H and O–H groups in total. The number of aryl methyl sites for hydroxylation is 2. The molecule has 0 bridgehead atoms. The van der Waals surface area contributed by atoms with Gasteiger partial charge in [-0.2, -0.15) is 5.26 Å². The largest absolute Gasteiger partial charge is 0.285 e. The standard InChI is InChI=1S/C33H25N3/c1-23-9-3-5-11-28(23)32-13-7-8-17-35(32)36-18-16-25(22-34)20-33(36)30-21-31-27(19-24(30)2)15-14-26-10-4-6-12-29(26)31/h3-21H,1-2H3/q+2. The molecule has 0 aliphatic heterocycles. The summed E-state index contributed by atoms with van der Waals surface area (Å²) < 4.78 is 4.30. The quantitative estimate of drug-likeness (QED) is 0.212. The Morgan fingerprint density at radius 1 is 0.556 bits per heavy atom.